The number of amides is 2. The van der Waals surface area contributed by atoms with Crippen LogP contribution in [0.4, 0.5) is 0 Å². The van der Waals surface area contributed by atoms with Gasteiger partial charge < -0.3 is 0 Å². The molecule has 0 fully saturated rings. The van der Waals surface area contributed by atoms with Crippen LogP contribution in [0.3, 0.4) is 0 Å². The van der Waals surface area contributed by atoms with Gasteiger partial charge in [0.15, 0.2) is 0 Å². The summed E-state index contributed by atoms with van der Waals surface area (Å²) >= 11 is 0. The third kappa shape index (κ3) is 5.51. The number of benzene rings is 1. The zero-order chi connectivity index (χ0) is 12.5. The summed E-state index contributed by atoms with van der Waals surface area (Å²) in [6, 6.07) is 9.46. The van der Waals surface area contributed by atoms with E-state index in [0.29, 0.717) is 6.42 Å². The minimum atomic E-state index is -0.349. The lowest BCUT2D eigenvalue weighted by Crippen LogP contribution is -2.40. The number of rotatable bonds is 4. The fourth-order valence-electron chi connectivity index (χ4n) is 1.20. The van der Waals surface area contributed by atoms with E-state index in [2.05, 4.69) is 10.9 Å². The summed E-state index contributed by atoms with van der Waals surface area (Å²) in [6.07, 6.45) is 4.22. The van der Waals surface area contributed by atoms with Gasteiger partial charge in [0.2, 0.25) is 5.91 Å². The molecule has 0 aliphatic heterocycles. The zero-order valence-electron chi connectivity index (χ0n) is 9.77. The van der Waals surface area contributed by atoms with Gasteiger partial charge in [0.05, 0.1) is 0 Å². The van der Waals surface area contributed by atoms with Crippen molar-refractivity contribution >= 4 is 17.9 Å². The predicted molar refractivity (Wildman–Crippen MR) is 66.7 cm³/mol. The quantitative estimate of drug-likeness (QED) is 0.612. The van der Waals surface area contributed by atoms with Crippen molar-refractivity contribution in [1.29, 1.82) is 0 Å². The molecule has 0 aromatic heterocycles. The lowest BCUT2D eigenvalue weighted by atomic mass is 10.2. The molecular weight excluding hydrogens is 216 g/mol. The molecule has 2 N–H and O–H groups in total. The highest BCUT2D eigenvalue weighted by atomic mass is 16.2. The molecule has 1 rings (SSSR count). The lowest BCUT2D eigenvalue weighted by molar-refractivity contribution is -0.126. The maximum Gasteiger partial charge on any atom is 0.262 e. The van der Waals surface area contributed by atoms with E-state index in [1.807, 2.05) is 37.3 Å². The van der Waals surface area contributed by atoms with Crippen LogP contribution < -0.4 is 10.9 Å². The third-order valence-electron chi connectivity index (χ3n) is 2.03. The van der Waals surface area contributed by atoms with Crippen LogP contribution in [0.5, 0.6) is 0 Å². The molecule has 1 aromatic carbocycles. The number of hydrazine groups is 1. The van der Waals surface area contributed by atoms with Gasteiger partial charge in [-0.2, -0.15) is 0 Å². The second kappa shape index (κ2) is 7.22. The van der Waals surface area contributed by atoms with E-state index in [4.69, 9.17) is 0 Å². The second-order valence-corrected chi connectivity index (χ2v) is 3.53. The van der Waals surface area contributed by atoms with Gasteiger partial charge in [0, 0.05) is 12.5 Å². The van der Waals surface area contributed by atoms with Crippen molar-refractivity contribution in [2.75, 3.05) is 0 Å². The maximum absolute atomic E-state index is 11.3. The molecule has 1 aromatic rings. The maximum atomic E-state index is 11.3. The van der Waals surface area contributed by atoms with Crippen molar-refractivity contribution in [2.24, 2.45) is 0 Å². The Morgan fingerprint density at radius 3 is 2.53 bits per heavy atom. The first kappa shape index (κ1) is 13.0. The van der Waals surface area contributed by atoms with E-state index in [0.717, 1.165) is 12.0 Å². The van der Waals surface area contributed by atoms with Gasteiger partial charge >= 0.3 is 0 Å². The summed E-state index contributed by atoms with van der Waals surface area (Å²) in [7, 11) is 0. The molecule has 0 bridgehead atoms. The Bertz CT molecular complexity index is 399. The molecule has 4 nitrogen and oxygen atoms in total. The van der Waals surface area contributed by atoms with Crippen LogP contribution in [-0.4, -0.2) is 11.8 Å². The van der Waals surface area contributed by atoms with E-state index < -0.39 is 0 Å². The third-order valence-corrected chi connectivity index (χ3v) is 2.03. The van der Waals surface area contributed by atoms with Gasteiger partial charge in [-0.3, -0.25) is 20.4 Å². The predicted octanol–water partition coefficient (Wildman–Crippen LogP) is 1.65. The van der Waals surface area contributed by atoms with Crippen LogP contribution >= 0.6 is 0 Å². The number of carbonyl (C=O) groups is 2. The largest absolute Gasteiger partial charge is 0.273 e. The molecular formula is C13H16N2O2. The van der Waals surface area contributed by atoms with Gasteiger partial charge in [0.25, 0.3) is 5.91 Å². The van der Waals surface area contributed by atoms with Crippen molar-refractivity contribution in [3.05, 3.63) is 42.0 Å². The Kier molecular flexibility index (Phi) is 5.51. The number of carbonyl (C=O) groups excluding carboxylic acids is 2. The Morgan fingerprint density at radius 1 is 1.18 bits per heavy atom. The molecule has 2 amide bonds. The summed E-state index contributed by atoms with van der Waals surface area (Å²) in [5.41, 5.74) is 5.57. The summed E-state index contributed by atoms with van der Waals surface area (Å²) in [5, 5.41) is 0. The fourth-order valence-corrected chi connectivity index (χ4v) is 1.20. The van der Waals surface area contributed by atoms with Crippen molar-refractivity contribution in [3.63, 3.8) is 0 Å². The van der Waals surface area contributed by atoms with Gasteiger partial charge in [-0.25, -0.2) is 0 Å². The molecule has 0 atom stereocenters. The van der Waals surface area contributed by atoms with E-state index in [1.54, 1.807) is 6.08 Å². The van der Waals surface area contributed by atoms with Crippen LogP contribution in [0.25, 0.3) is 6.08 Å². The minimum Gasteiger partial charge on any atom is -0.273 e. The Labute approximate surface area is 101 Å². The SMILES string of the molecule is CCCC(=O)NNC(=O)/C=C/c1ccccc1. The van der Waals surface area contributed by atoms with Crippen LogP contribution in [0, 0.1) is 0 Å². The van der Waals surface area contributed by atoms with E-state index in [9.17, 15) is 9.59 Å². The zero-order valence-corrected chi connectivity index (χ0v) is 9.77. The average molecular weight is 232 g/mol. The second-order valence-electron chi connectivity index (χ2n) is 3.53. The highest BCUT2D eigenvalue weighted by Gasteiger charge is 1.99. The minimum absolute atomic E-state index is 0.186. The Balaban J connectivity index is 2.35. The molecule has 0 saturated heterocycles. The molecule has 0 heterocycles. The molecule has 0 radical (unpaired) electrons. The molecule has 0 saturated carbocycles. The van der Waals surface area contributed by atoms with Crippen molar-refractivity contribution in [3.8, 4) is 0 Å². The van der Waals surface area contributed by atoms with Gasteiger partial charge in [-0.05, 0) is 18.1 Å². The average Bonchev–Trinajstić information content (AvgIpc) is 2.35. The first-order valence-corrected chi connectivity index (χ1v) is 5.54. The molecule has 0 aliphatic rings. The first-order chi connectivity index (χ1) is 8.22. The van der Waals surface area contributed by atoms with Crippen molar-refractivity contribution in [2.45, 2.75) is 19.8 Å². The summed E-state index contributed by atoms with van der Waals surface area (Å²) < 4.78 is 0. The smallest absolute Gasteiger partial charge is 0.262 e. The van der Waals surface area contributed by atoms with Crippen LogP contribution in [0.15, 0.2) is 36.4 Å². The monoisotopic (exact) mass is 232 g/mol. The topological polar surface area (TPSA) is 58.2 Å². The van der Waals surface area contributed by atoms with E-state index in [-0.39, 0.29) is 11.8 Å². The standard InChI is InChI=1S/C13H16N2O2/c1-2-6-12(16)14-15-13(17)10-9-11-7-4-3-5-8-11/h3-5,7-10H,2,6H2,1H3,(H,14,16)(H,15,17)/b10-9+. The number of nitrogens with one attached hydrogen (secondary N) is 2. The Hall–Kier alpha value is -2.10. The van der Waals surface area contributed by atoms with Crippen molar-refractivity contribution in [1.82, 2.24) is 10.9 Å². The highest BCUT2D eigenvalue weighted by Crippen LogP contribution is 2.00. The Morgan fingerprint density at radius 2 is 1.88 bits per heavy atom. The summed E-state index contributed by atoms with van der Waals surface area (Å²) in [4.78, 5) is 22.4. The number of hydrogen-bond acceptors (Lipinski definition) is 2. The van der Waals surface area contributed by atoms with Gasteiger partial charge in [0.1, 0.15) is 0 Å². The molecule has 0 aliphatic carbocycles. The van der Waals surface area contributed by atoms with Crippen LogP contribution in [0.1, 0.15) is 25.3 Å². The molecule has 4 heteroatoms. The number of hydrogen-bond donors (Lipinski definition) is 2. The van der Waals surface area contributed by atoms with E-state index >= 15 is 0 Å². The molecule has 0 spiro atoms. The van der Waals surface area contributed by atoms with Gasteiger partial charge in [-0.15, -0.1) is 0 Å². The lowest BCUT2D eigenvalue weighted by Gasteiger charge is -2.03. The van der Waals surface area contributed by atoms with Gasteiger partial charge in [-0.1, -0.05) is 37.3 Å². The first-order valence-electron chi connectivity index (χ1n) is 5.54. The van der Waals surface area contributed by atoms with Crippen molar-refractivity contribution < 1.29 is 9.59 Å². The van der Waals surface area contributed by atoms with E-state index in [1.165, 1.54) is 6.08 Å². The highest BCUT2D eigenvalue weighted by molar-refractivity contribution is 5.93. The molecule has 17 heavy (non-hydrogen) atoms. The summed E-state index contributed by atoms with van der Waals surface area (Å²) in [5.74, 6) is -0.535. The normalized spacial score (nSPS) is 10.2. The van der Waals surface area contributed by atoms with Crippen LogP contribution in [-0.2, 0) is 9.59 Å². The molecule has 0 unspecified atom stereocenters. The summed E-state index contributed by atoms with van der Waals surface area (Å²) in [6.45, 7) is 1.90. The fraction of sp³-hybridized carbons (Fsp3) is 0.231. The van der Waals surface area contributed by atoms with Crippen LogP contribution in [0.2, 0.25) is 0 Å². The molecule has 90 valence electrons.